The number of ether oxygens (including phenoxy) is 5. The van der Waals surface area contributed by atoms with E-state index in [9.17, 15) is 39.2 Å². The summed E-state index contributed by atoms with van der Waals surface area (Å²) in [6.45, 7) is 6.84. The molecule has 0 aliphatic carbocycles. The van der Waals surface area contributed by atoms with E-state index < -0.39 is 39.9 Å². The quantitative estimate of drug-likeness (QED) is 0.00784. The van der Waals surface area contributed by atoms with Gasteiger partial charge in [0.05, 0.1) is 60.2 Å². The van der Waals surface area contributed by atoms with Crippen LogP contribution in [0.2, 0.25) is 0 Å². The van der Waals surface area contributed by atoms with Gasteiger partial charge in [-0.25, -0.2) is 24.0 Å². The number of unbranched alkanes of at least 4 members (excludes halogenated alkanes) is 13. The molecule has 0 unspecified atom stereocenters. The monoisotopic (exact) mass is 954 g/mol. The SMILES string of the molecule is C=CC(=O)OCCCCCCCCCCCOc1ccccc1.CCCCCCCCOc1cc(N)c(-c2ccc(C(=O)OCCCOC(=O)c3cc(C(=O)O)ccc3C(=O)O)cc2)cc1[N+](=O)[O-]. The van der Waals surface area contributed by atoms with Gasteiger partial charge in [-0.05, 0) is 67.3 Å². The van der Waals surface area contributed by atoms with Gasteiger partial charge < -0.3 is 39.6 Å². The molecule has 4 rings (SSSR count). The van der Waals surface area contributed by atoms with Crippen molar-refractivity contribution in [3.05, 3.63) is 130 Å². The van der Waals surface area contributed by atoms with Crippen molar-refractivity contribution >= 4 is 41.2 Å². The number of carbonyl (C=O) groups is 5. The lowest BCUT2D eigenvalue weighted by Crippen LogP contribution is -2.15. The van der Waals surface area contributed by atoms with Gasteiger partial charge in [0, 0.05) is 35.9 Å². The molecule has 0 saturated heterocycles. The van der Waals surface area contributed by atoms with Gasteiger partial charge in [-0.1, -0.05) is 121 Å². The Hall–Kier alpha value is -7.23. The fourth-order valence-corrected chi connectivity index (χ4v) is 6.91. The molecule has 0 atom stereocenters. The number of carboxylic acids is 2. The van der Waals surface area contributed by atoms with Crippen LogP contribution >= 0.6 is 0 Å². The molecular weight excluding hydrogens is 889 g/mol. The van der Waals surface area contributed by atoms with Crippen molar-refractivity contribution in [3.63, 3.8) is 0 Å². The highest BCUT2D eigenvalue weighted by atomic mass is 16.6. The predicted molar refractivity (Wildman–Crippen MR) is 262 cm³/mol. The van der Waals surface area contributed by atoms with Crippen LogP contribution in [0.15, 0.2) is 97.6 Å². The summed E-state index contributed by atoms with van der Waals surface area (Å²) in [5.41, 5.74) is 6.33. The topological polar surface area (TPSA) is 241 Å². The summed E-state index contributed by atoms with van der Waals surface area (Å²) >= 11 is 0. The average Bonchev–Trinajstić information content (AvgIpc) is 3.35. The molecule has 16 heteroatoms. The smallest absolute Gasteiger partial charge is 0.339 e. The van der Waals surface area contributed by atoms with Crippen molar-refractivity contribution in [1.29, 1.82) is 0 Å². The third-order valence-corrected chi connectivity index (χ3v) is 10.7. The number of benzene rings is 4. The Morgan fingerprint density at radius 3 is 1.70 bits per heavy atom. The maximum atomic E-state index is 12.5. The number of hydrogen-bond donors (Lipinski definition) is 3. The maximum absolute atomic E-state index is 12.5. The number of nitro groups is 1. The molecule has 0 bridgehead atoms. The first-order chi connectivity index (χ1) is 33.4. The van der Waals surface area contributed by atoms with Gasteiger partial charge in [0.25, 0.3) is 0 Å². The van der Waals surface area contributed by atoms with E-state index in [0.29, 0.717) is 24.3 Å². The summed E-state index contributed by atoms with van der Waals surface area (Å²) in [5, 5.41) is 30.1. The normalized spacial score (nSPS) is 10.5. The first-order valence-corrected chi connectivity index (χ1v) is 23.6. The molecule has 0 amide bonds. The summed E-state index contributed by atoms with van der Waals surface area (Å²) in [5.74, 6) is -3.71. The van der Waals surface area contributed by atoms with Crippen LogP contribution < -0.4 is 15.2 Å². The summed E-state index contributed by atoms with van der Waals surface area (Å²) < 4.78 is 26.5. The Labute approximate surface area is 403 Å². The number of nitrogen functional groups attached to an aromatic ring is 1. The number of carboxylic acid groups (broad SMARTS) is 2. The fourth-order valence-electron chi connectivity index (χ4n) is 6.91. The second-order valence-electron chi connectivity index (χ2n) is 16.1. The van der Waals surface area contributed by atoms with Gasteiger partial charge in [-0.15, -0.1) is 0 Å². The van der Waals surface area contributed by atoms with Crippen molar-refractivity contribution in [2.45, 2.75) is 110 Å². The van der Waals surface area contributed by atoms with Gasteiger partial charge in [0.15, 0.2) is 5.75 Å². The number of nitro benzene ring substituents is 1. The largest absolute Gasteiger partial charge is 0.494 e. The molecule has 372 valence electrons. The molecule has 0 spiro atoms. The van der Waals surface area contributed by atoms with Gasteiger partial charge in [0.2, 0.25) is 0 Å². The number of nitrogens with zero attached hydrogens (tertiary/aromatic N) is 1. The zero-order chi connectivity index (χ0) is 50.2. The van der Waals surface area contributed by atoms with Crippen molar-refractivity contribution in [1.82, 2.24) is 0 Å². The Morgan fingerprint density at radius 2 is 1.13 bits per heavy atom. The third kappa shape index (κ3) is 21.5. The molecule has 4 N–H and O–H groups in total. The highest BCUT2D eigenvalue weighted by molar-refractivity contribution is 6.04. The van der Waals surface area contributed by atoms with Crippen LogP contribution in [0.3, 0.4) is 0 Å². The molecule has 0 fully saturated rings. The predicted octanol–water partition coefficient (Wildman–Crippen LogP) is 11.7. The van der Waals surface area contributed by atoms with E-state index in [1.165, 1.54) is 75.3 Å². The number of nitrogens with two attached hydrogens (primary N) is 1. The Kier molecular flexibility index (Phi) is 26.4. The number of carbonyl (C=O) groups excluding carboxylic acids is 3. The van der Waals surface area contributed by atoms with Crippen LogP contribution in [0, 0.1) is 10.1 Å². The molecular formula is C53H66N2O14. The molecule has 16 nitrogen and oxygen atoms in total. The summed E-state index contributed by atoms with van der Waals surface area (Å²) in [7, 11) is 0. The summed E-state index contributed by atoms with van der Waals surface area (Å²) in [4.78, 5) is 69.5. The number of aromatic carboxylic acids is 2. The number of hydrogen-bond acceptors (Lipinski definition) is 13. The van der Waals surface area contributed by atoms with Crippen molar-refractivity contribution in [3.8, 4) is 22.6 Å². The lowest BCUT2D eigenvalue weighted by Gasteiger charge is -2.12. The molecule has 0 aromatic heterocycles. The minimum atomic E-state index is -1.42. The summed E-state index contributed by atoms with van der Waals surface area (Å²) in [6.07, 6.45) is 18.5. The number of anilines is 1. The molecule has 0 radical (unpaired) electrons. The molecule has 0 heterocycles. The highest BCUT2D eigenvalue weighted by Crippen LogP contribution is 2.37. The van der Waals surface area contributed by atoms with Crippen LogP contribution in [0.1, 0.15) is 151 Å². The fraction of sp³-hybridized carbons (Fsp3) is 0.415. The van der Waals surface area contributed by atoms with E-state index in [1.807, 2.05) is 30.3 Å². The zero-order valence-electron chi connectivity index (χ0n) is 39.5. The Balaban J connectivity index is 0.000000459. The second-order valence-corrected chi connectivity index (χ2v) is 16.1. The first kappa shape index (κ1) is 56.1. The molecule has 4 aromatic carbocycles. The number of rotatable bonds is 32. The minimum Gasteiger partial charge on any atom is -0.494 e. The van der Waals surface area contributed by atoms with Crippen LogP contribution in [-0.2, 0) is 19.0 Å². The van der Waals surface area contributed by atoms with Crippen molar-refractivity contribution in [2.24, 2.45) is 0 Å². The standard InChI is InChI=1S/C33H36N2O11.C20H30O3/c1-2-3-4-5-6-7-15-44-29-20-27(34)25(19-28(29)35(42)43)21-9-11-22(12-10-21)32(40)45-16-8-17-46-33(41)26-18-23(30(36)37)13-14-24(26)31(38)39;1-2-20(21)23-18-14-9-7-5-3-4-6-8-13-17-22-19-15-11-10-12-16-19/h9-14,18-20H,2-8,15-17,34H2,1H3,(H,36,37)(H,38,39);2,10-12,15-16H,1,3-9,13-14,17-18H2. The van der Waals surface area contributed by atoms with Crippen molar-refractivity contribution < 1.29 is 62.8 Å². The van der Waals surface area contributed by atoms with Gasteiger partial charge in [-0.2, -0.15) is 0 Å². The van der Waals surface area contributed by atoms with Gasteiger partial charge >= 0.3 is 35.5 Å². The maximum Gasteiger partial charge on any atom is 0.339 e. The van der Waals surface area contributed by atoms with E-state index in [4.69, 9.17) is 34.5 Å². The molecule has 0 saturated carbocycles. The van der Waals surface area contributed by atoms with E-state index in [0.717, 1.165) is 81.9 Å². The van der Waals surface area contributed by atoms with Crippen LogP contribution in [0.25, 0.3) is 11.1 Å². The molecule has 4 aromatic rings. The van der Waals surface area contributed by atoms with E-state index >= 15 is 0 Å². The third-order valence-electron chi connectivity index (χ3n) is 10.7. The second kappa shape index (κ2) is 32.5. The van der Waals surface area contributed by atoms with Crippen LogP contribution in [0.5, 0.6) is 11.5 Å². The van der Waals surface area contributed by atoms with E-state index in [2.05, 4.69) is 13.5 Å². The first-order valence-electron chi connectivity index (χ1n) is 23.6. The molecule has 69 heavy (non-hydrogen) atoms. The van der Waals surface area contributed by atoms with E-state index in [-0.39, 0.29) is 53.9 Å². The number of para-hydroxylation sites is 1. The van der Waals surface area contributed by atoms with Gasteiger partial charge in [0.1, 0.15) is 5.75 Å². The minimum absolute atomic E-state index is 0.0874. The van der Waals surface area contributed by atoms with E-state index in [1.54, 1.807) is 12.1 Å². The lowest BCUT2D eigenvalue weighted by atomic mass is 10.0. The average molecular weight is 955 g/mol. The highest BCUT2D eigenvalue weighted by Gasteiger charge is 2.22. The molecule has 0 aliphatic heterocycles. The van der Waals surface area contributed by atoms with Gasteiger partial charge in [-0.3, -0.25) is 10.1 Å². The Morgan fingerprint density at radius 1 is 0.594 bits per heavy atom. The molecule has 0 aliphatic rings. The van der Waals surface area contributed by atoms with Crippen molar-refractivity contribution in [2.75, 3.05) is 38.8 Å². The lowest BCUT2D eigenvalue weighted by molar-refractivity contribution is -0.385. The Bertz CT molecular complexity index is 2250. The zero-order valence-corrected chi connectivity index (χ0v) is 39.5. The number of esters is 3. The van der Waals surface area contributed by atoms with Crippen LogP contribution in [0.4, 0.5) is 11.4 Å². The van der Waals surface area contributed by atoms with Crippen LogP contribution in [-0.4, -0.2) is 78.0 Å². The summed E-state index contributed by atoms with van der Waals surface area (Å²) in [6, 6.07) is 21.9.